The molecule has 3 rings (SSSR count). The molecule has 3 N–H and O–H groups in total. The van der Waals surface area contributed by atoms with Gasteiger partial charge in [0.05, 0.1) is 11.0 Å². The lowest BCUT2D eigenvalue weighted by atomic mass is 10.1. The number of benzene rings is 2. The number of fused-ring (bicyclic) bond motifs is 1. The highest BCUT2D eigenvalue weighted by atomic mass is 16.1. The van der Waals surface area contributed by atoms with Gasteiger partial charge < -0.3 is 10.7 Å². The predicted octanol–water partition coefficient (Wildman–Crippen LogP) is 2.48. The number of aromatic amines is 1. The van der Waals surface area contributed by atoms with Crippen LogP contribution in [0, 0.1) is 6.92 Å². The maximum Gasteiger partial charge on any atom is 0.275 e. The quantitative estimate of drug-likeness (QED) is 0.653. The van der Waals surface area contributed by atoms with Crippen LogP contribution in [0.4, 0.5) is 5.69 Å². The lowest BCUT2D eigenvalue weighted by Gasteiger charge is -2.06. The second-order valence-corrected chi connectivity index (χ2v) is 4.52. The average Bonchev–Trinajstić information content (AvgIpc) is 2.41. The van der Waals surface area contributed by atoms with Crippen LogP contribution in [0.2, 0.25) is 0 Å². The van der Waals surface area contributed by atoms with Gasteiger partial charge in [0.15, 0.2) is 0 Å². The van der Waals surface area contributed by atoms with Crippen molar-refractivity contribution in [2.45, 2.75) is 6.92 Å². The molecule has 0 bridgehead atoms. The Kier molecular flexibility index (Phi) is 2.56. The van der Waals surface area contributed by atoms with Crippen molar-refractivity contribution in [3.8, 4) is 11.3 Å². The fourth-order valence-electron chi connectivity index (χ4n) is 2.09. The van der Waals surface area contributed by atoms with Crippen LogP contribution in [-0.4, -0.2) is 9.97 Å². The van der Waals surface area contributed by atoms with E-state index in [9.17, 15) is 4.79 Å². The van der Waals surface area contributed by atoms with Crippen LogP contribution < -0.4 is 11.3 Å². The van der Waals surface area contributed by atoms with Gasteiger partial charge in [0.1, 0.15) is 5.69 Å². The lowest BCUT2D eigenvalue weighted by Crippen LogP contribution is -2.12. The summed E-state index contributed by atoms with van der Waals surface area (Å²) >= 11 is 0. The number of hydrogen-bond donors (Lipinski definition) is 2. The number of aromatic nitrogens is 2. The van der Waals surface area contributed by atoms with E-state index in [0.717, 1.165) is 16.6 Å². The third kappa shape index (κ3) is 1.97. The number of aryl methyl sites for hydroxylation is 1. The van der Waals surface area contributed by atoms with Crippen molar-refractivity contribution in [1.29, 1.82) is 0 Å². The van der Waals surface area contributed by atoms with E-state index in [1.165, 1.54) is 0 Å². The molecule has 4 nitrogen and oxygen atoms in total. The zero-order chi connectivity index (χ0) is 13.4. The highest BCUT2D eigenvalue weighted by Gasteiger charge is 2.10. The summed E-state index contributed by atoms with van der Waals surface area (Å²) in [6.07, 6.45) is 0. The zero-order valence-corrected chi connectivity index (χ0v) is 10.5. The van der Waals surface area contributed by atoms with Gasteiger partial charge in [-0.3, -0.25) is 4.79 Å². The Labute approximate surface area is 109 Å². The molecule has 0 aliphatic rings. The van der Waals surface area contributed by atoms with Gasteiger partial charge in [0.25, 0.3) is 5.56 Å². The summed E-state index contributed by atoms with van der Waals surface area (Å²) < 4.78 is 0. The molecule has 0 atom stereocenters. The van der Waals surface area contributed by atoms with Crippen molar-refractivity contribution < 1.29 is 0 Å². The molecule has 0 saturated heterocycles. The van der Waals surface area contributed by atoms with Crippen LogP contribution in [0.25, 0.3) is 22.3 Å². The first-order chi connectivity index (χ1) is 9.15. The normalized spacial score (nSPS) is 10.8. The molecule has 1 aromatic heterocycles. The second kappa shape index (κ2) is 4.24. The summed E-state index contributed by atoms with van der Waals surface area (Å²) in [4.78, 5) is 19.4. The standard InChI is InChI=1S/C15H13N3O/c1-9-6-7-11(16)10(8-9)14-15(19)18-13-5-3-2-4-12(13)17-14/h2-8H,16H2,1H3,(H,18,19). The van der Waals surface area contributed by atoms with Crippen LogP contribution in [0.5, 0.6) is 0 Å². The van der Waals surface area contributed by atoms with Gasteiger partial charge in [-0.2, -0.15) is 0 Å². The first-order valence-corrected chi connectivity index (χ1v) is 6.01. The lowest BCUT2D eigenvalue weighted by molar-refractivity contribution is 1.22. The summed E-state index contributed by atoms with van der Waals surface area (Å²) in [5, 5.41) is 0. The molecule has 94 valence electrons. The van der Waals surface area contributed by atoms with Crippen LogP contribution in [0.1, 0.15) is 5.56 Å². The van der Waals surface area contributed by atoms with Crippen LogP contribution in [-0.2, 0) is 0 Å². The maximum atomic E-state index is 12.1. The van der Waals surface area contributed by atoms with E-state index in [4.69, 9.17) is 5.73 Å². The molecule has 4 heteroatoms. The van der Waals surface area contributed by atoms with Crippen molar-refractivity contribution in [3.63, 3.8) is 0 Å². The van der Waals surface area contributed by atoms with Gasteiger partial charge in [0, 0.05) is 11.3 Å². The van der Waals surface area contributed by atoms with Gasteiger partial charge in [0.2, 0.25) is 0 Å². The fraction of sp³-hybridized carbons (Fsp3) is 0.0667. The third-order valence-corrected chi connectivity index (χ3v) is 3.06. The van der Waals surface area contributed by atoms with E-state index in [0.29, 0.717) is 16.9 Å². The smallest absolute Gasteiger partial charge is 0.275 e. The molecule has 0 amide bonds. The minimum Gasteiger partial charge on any atom is -0.398 e. The monoisotopic (exact) mass is 251 g/mol. The number of H-pyrrole nitrogens is 1. The maximum absolute atomic E-state index is 12.1. The summed E-state index contributed by atoms with van der Waals surface area (Å²) in [6.45, 7) is 1.96. The summed E-state index contributed by atoms with van der Waals surface area (Å²) in [5.74, 6) is 0. The van der Waals surface area contributed by atoms with Crippen molar-refractivity contribution in [1.82, 2.24) is 9.97 Å². The molecule has 0 unspecified atom stereocenters. The van der Waals surface area contributed by atoms with Crippen molar-refractivity contribution in [2.24, 2.45) is 0 Å². The Morgan fingerprint density at radius 1 is 1.16 bits per heavy atom. The topological polar surface area (TPSA) is 71.8 Å². The van der Waals surface area contributed by atoms with E-state index in [1.807, 2.05) is 43.3 Å². The highest BCUT2D eigenvalue weighted by Crippen LogP contribution is 2.23. The van der Waals surface area contributed by atoms with E-state index in [1.54, 1.807) is 6.07 Å². The van der Waals surface area contributed by atoms with Gasteiger partial charge in [-0.15, -0.1) is 0 Å². The Morgan fingerprint density at radius 2 is 1.95 bits per heavy atom. The van der Waals surface area contributed by atoms with Gasteiger partial charge in [-0.1, -0.05) is 23.8 Å². The Hall–Kier alpha value is -2.62. The number of rotatable bonds is 1. The third-order valence-electron chi connectivity index (χ3n) is 3.06. The molecular weight excluding hydrogens is 238 g/mol. The van der Waals surface area contributed by atoms with Crippen molar-refractivity contribution in [3.05, 3.63) is 58.4 Å². The molecular formula is C15H13N3O. The number of nitrogen functional groups attached to an aromatic ring is 1. The number of anilines is 1. The average molecular weight is 251 g/mol. The molecule has 3 aromatic rings. The van der Waals surface area contributed by atoms with Crippen molar-refractivity contribution in [2.75, 3.05) is 5.73 Å². The SMILES string of the molecule is Cc1ccc(N)c(-c2nc3ccccc3[nH]c2=O)c1. The van der Waals surface area contributed by atoms with Gasteiger partial charge in [-0.05, 0) is 31.2 Å². The molecule has 0 radical (unpaired) electrons. The van der Waals surface area contributed by atoms with E-state index in [2.05, 4.69) is 9.97 Å². The summed E-state index contributed by atoms with van der Waals surface area (Å²) in [6, 6.07) is 13.0. The highest BCUT2D eigenvalue weighted by molar-refractivity contribution is 5.80. The second-order valence-electron chi connectivity index (χ2n) is 4.52. The Balaban J connectivity index is 2.33. The molecule has 0 aliphatic carbocycles. The number of nitrogens with one attached hydrogen (secondary N) is 1. The molecule has 0 saturated carbocycles. The Bertz CT molecular complexity index is 821. The first kappa shape index (κ1) is 11.5. The van der Waals surface area contributed by atoms with Gasteiger partial charge in [-0.25, -0.2) is 4.98 Å². The van der Waals surface area contributed by atoms with Crippen molar-refractivity contribution >= 4 is 16.7 Å². The van der Waals surface area contributed by atoms with Crippen LogP contribution in [0.15, 0.2) is 47.3 Å². The summed E-state index contributed by atoms with van der Waals surface area (Å²) in [7, 11) is 0. The number of hydrogen-bond acceptors (Lipinski definition) is 3. The van der Waals surface area contributed by atoms with Gasteiger partial charge >= 0.3 is 0 Å². The Morgan fingerprint density at radius 3 is 2.79 bits per heavy atom. The minimum absolute atomic E-state index is 0.226. The van der Waals surface area contributed by atoms with E-state index < -0.39 is 0 Å². The molecule has 2 aromatic carbocycles. The minimum atomic E-state index is -0.226. The van der Waals surface area contributed by atoms with E-state index >= 15 is 0 Å². The molecule has 0 aliphatic heterocycles. The van der Waals surface area contributed by atoms with Crippen LogP contribution >= 0.6 is 0 Å². The number of para-hydroxylation sites is 2. The fourth-order valence-corrected chi connectivity index (χ4v) is 2.09. The largest absolute Gasteiger partial charge is 0.398 e. The molecule has 19 heavy (non-hydrogen) atoms. The summed E-state index contributed by atoms with van der Waals surface area (Å²) in [5.41, 5.74) is 9.82. The zero-order valence-electron chi connectivity index (χ0n) is 10.5. The molecule has 0 spiro atoms. The van der Waals surface area contributed by atoms with Crippen LogP contribution in [0.3, 0.4) is 0 Å². The first-order valence-electron chi connectivity index (χ1n) is 6.01. The molecule has 1 heterocycles. The predicted molar refractivity (Wildman–Crippen MR) is 76.9 cm³/mol. The molecule has 0 fully saturated rings. The number of nitrogens with two attached hydrogens (primary N) is 1. The number of nitrogens with zero attached hydrogens (tertiary/aromatic N) is 1. The van der Waals surface area contributed by atoms with E-state index in [-0.39, 0.29) is 5.56 Å².